The molecule has 1 N–H and O–H groups in total. The number of amides is 1. The van der Waals surface area contributed by atoms with Gasteiger partial charge in [-0.15, -0.1) is 0 Å². The molecule has 4 nitrogen and oxygen atoms in total. The third-order valence-corrected chi connectivity index (χ3v) is 4.05. The zero-order chi connectivity index (χ0) is 18.1. The highest BCUT2D eigenvalue weighted by Crippen LogP contribution is 2.18. The van der Waals surface area contributed by atoms with Crippen LogP contribution < -0.4 is 14.8 Å². The van der Waals surface area contributed by atoms with Crippen LogP contribution in [0, 0.1) is 6.92 Å². The number of carbonyl (C=O) groups excluding carboxylic acids is 1. The van der Waals surface area contributed by atoms with Crippen LogP contribution >= 0.6 is 0 Å². The number of benzene rings is 2. The van der Waals surface area contributed by atoms with Gasteiger partial charge < -0.3 is 14.8 Å². The molecule has 0 aliphatic carbocycles. The van der Waals surface area contributed by atoms with Crippen LogP contribution in [-0.4, -0.2) is 25.7 Å². The number of rotatable bonds is 9. The van der Waals surface area contributed by atoms with E-state index in [4.69, 9.17) is 9.47 Å². The lowest BCUT2D eigenvalue weighted by Gasteiger charge is -2.17. The second-order valence-electron chi connectivity index (χ2n) is 6.04. The Bertz CT molecular complexity index is 684. The summed E-state index contributed by atoms with van der Waals surface area (Å²) in [6.07, 6.45) is 1.88. The number of carbonyl (C=O) groups is 1. The molecule has 0 heterocycles. The lowest BCUT2D eigenvalue weighted by molar-refractivity contribution is -0.128. The first-order valence-corrected chi connectivity index (χ1v) is 8.77. The van der Waals surface area contributed by atoms with E-state index in [1.165, 1.54) is 0 Å². The van der Waals surface area contributed by atoms with Crippen LogP contribution in [0.3, 0.4) is 0 Å². The first-order chi connectivity index (χ1) is 12.1. The third kappa shape index (κ3) is 5.82. The van der Waals surface area contributed by atoms with Crippen LogP contribution in [0.1, 0.15) is 30.9 Å². The first-order valence-electron chi connectivity index (χ1n) is 8.77. The summed E-state index contributed by atoms with van der Waals surface area (Å²) in [5.74, 6) is 1.56. The van der Waals surface area contributed by atoms with Gasteiger partial charge in [-0.3, -0.25) is 4.79 Å². The van der Waals surface area contributed by atoms with E-state index in [1.807, 2.05) is 56.3 Å². The lowest BCUT2D eigenvalue weighted by Crippen LogP contribution is -2.38. The lowest BCUT2D eigenvalue weighted by atomic mass is 10.1. The van der Waals surface area contributed by atoms with Gasteiger partial charge in [0.05, 0.1) is 7.11 Å². The highest BCUT2D eigenvalue weighted by Gasteiger charge is 2.17. The van der Waals surface area contributed by atoms with Crippen molar-refractivity contribution in [2.75, 3.05) is 13.7 Å². The molecule has 2 aromatic rings. The summed E-state index contributed by atoms with van der Waals surface area (Å²) in [5, 5.41) is 2.97. The SMILES string of the molecule is CC[C@@H](Oc1cccc(C)c1)C(=O)NCCCc1ccccc1OC. The second-order valence-corrected chi connectivity index (χ2v) is 6.04. The molecule has 134 valence electrons. The van der Waals surface area contributed by atoms with E-state index in [0.29, 0.717) is 13.0 Å². The molecule has 2 rings (SSSR count). The minimum absolute atomic E-state index is 0.0657. The zero-order valence-corrected chi connectivity index (χ0v) is 15.2. The molecular formula is C21H27NO3. The van der Waals surface area contributed by atoms with Gasteiger partial charge in [-0.2, -0.15) is 0 Å². The summed E-state index contributed by atoms with van der Waals surface area (Å²) in [6.45, 7) is 4.57. The van der Waals surface area contributed by atoms with Gasteiger partial charge in [0.25, 0.3) is 5.91 Å². The number of methoxy groups -OCH3 is 1. The average Bonchev–Trinajstić information content (AvgIpc) is 2.63. The number of nitrogens with one attached hydrogen (secondary N) is 1. The minimum atomic E-state index is -0.465. The minimum Gasteiger partial charge on any atom is -0.496 e. The Balaban J connectivity index is 1.80. The van der Waals surface area contributed by atoms with Crippen molar-refractivity contribution in [3.8, 4) is 11.5 Å². The maximum atomic E-state index is 12.3. The van der Waals surface area contributed by atoms with Crippen LogP contribution in [0.5, 0.6) is 11.5 Å². The van der Waals surface area contributed by atoms with Crippen LogP contribution in [0.4, 0.5) is 0 Å². The molecule has 0 aliphatic rings. The standard InChI is InChI=1S/C21H27NO3/c1-4-19(25-18-12-7-9-16(2)15-18)21(23)22-14-8-11-17-10-5-6-13-20(17)24-3/h5-7,9-10,12-13,15,19H,4,8,11,14H2,1-3H3,(H,22,23)/t19-/m1/s1. The number of hydrogen-bond acceptors (Lipinski definition) is 3. The highest BCUT2D eigenvalue weighted by molar-refractivity contribution is 5.81. The Hall–Kier alpha value is -2.49. The fourth-order valence-electron chi connectivity index (χ4n) is 2.69. The molecule has 0 bridgehead atoms. The molecule has 0 aliphatic heterocycles. The predicted octanol–water partition coefficient (Wildman–Crippen LogP) is 3.91. The van der Waals surface area contributed by atoms with Crippen molar-refractivity contribution < 1.29 is 14.3 Å². The maximum absolute atomic E-state index is 12.3. The summed E-state index contributed by atoms with van der Waals surface area (Å²) in [4.78, 5) is 12.3. The third-order valence-electron chi connectivity index (χ3n) is 4.05. The Morgan fingerprint density at radius 1 is 1.16 bits per heavy atom. The van der Waals surface area contributed by atoms with Gasteiger partial charge in [0.1, 0.15) is 11.5 Å². The molecule has 4 heteroatoms. The molecule has 0 radical (unpaired) electrons. The topological polar surface area (TPSA) is 47.6 Å². The Morgan fingerprint density at radius 2 is 1.96 bits per heavy atom. The van der Waals surface area contributed by atoms with Gasteiger partial charge in [0.15, 0.2) is 6.10 Å². The van der Waals surface area contributed by atoms with Gasteiger partial charge in [0.2, 0.25) is 0 Å². The summed E-state index contributed by atoms with van der Waals surface area (Å²) in [7, 11) is 1.68. The molecule has 1 amide bonds. The van der Waals surface area contributed by atoms with Gasteiger partial charge in [0, 0.05) is 6.54 Å². The highest BCUT2D eigenvalue weighted by atomic mass is 16.5. The monoisotopic (exact) mass is 341 g/mol. The van der Waals surface area contributed by atoms with Crippen molar-refractivity contribution in [2.45, 2.75) is 39.2 Å². The molecule has 0 aromatic heterocycles. The number of ether oxygens (including phenoxy) is 2. The van der Waals surface area contributed by atoms with E-state index >= 15 is 0 Å². The summed E-state index contributed by atoms with van der Waals surface area (Å²) in [5.41, 5.74) is 2.27. The van der Waals surface area contributed by atoms with Crippen LogP contribution in [0.15, 0.2) is 48.5 Å². The van der Waals surface area contributed by atoms with E-state index in [9.17, 15) is 4.79 Å². The zero-order valence-electron chi connectivity index (χ0n) is 15.2. The Labute approximate surface area is 150 Å². The van der Waals surface area contributed by atoms with Gasteiger partial charge in [-0.05, 0) is 55.5 Å². The summed E-state index contributed by atoms with van der Waals surface area (Å²) in [6, 6.07) is 15.7. The fraction of sp³-hybridized carbons (Fsp3) is 0.381. The van der Waals surface area contributed by atoms with Crippen molar-refractivity contribution in [1.29, 1.82) is 0 Å². The van der Waals surface area contributed by atoms with Crippen molar-refractivity contribution in [3.05, 3.63) is 59.7 Å². The number of hydrogen-bond donors (Lipinski definition) is 1. The number of aryl methyl sites for hydroxylation is 2. The van der Waals surface area contributed by atoms with Crippen LogP contribution in [-0.2, 0) is 11.2 Å². The average molecular weight is 341 g/mol. The van der Waals surface area contributed by atoms with Crippen LogP contribution in [0.2, 0.25) is 0 Å². The van der Waals surface area contributed by atoms with Crippen molar-refractivity contribution >= 4 is 5.91 Å². The second kappa shape index (κ2) is 9.72. The molecule has 0 spiro atoms. The molecule has 0 fully saturated rings. The van der Waals surface area contributed by atoms with Crippen molar-refractivity contribution in [2.24, 2.45) is 0 Å². The smallest absolute Gasteiger partial charge is 0.261 e. The van der Waals surface area contributed by atoms with E-state index in [2.05, 4.69) is 11.4 Å². The first kappa shape index (κ1) is 18.8. The fourth-order valence-corrected chi connectivity index (χ4v) is 2.69. The molecular weight excluding hydrogens is 314 g/mol. The normalized spacial score (nSPS) is 11.6. The molecule has 25 heavy (non-hydrogen) atoms. The van der Waals surface area contributed by atoms with Gasteiger partial charge >= 0.3 is 0 Å². The van der Waals surface area contributed by atoms with E-state index < -0.39 is 6.10 Å². The largest absolute Gasteiger partial charge is 0.496 e. The Kier molecular flexibility index (Phi) is 7.33. The van der Waals surface area contributed by atoms with Crippen LogP contribution in [0.25, 0.3) is 0 Å². The predicted molar refractivity (Wildman–Crippen MR) is 100 cm³/mol. The molecule has 0 saturated carbocycles. The maximum Gasteiger partial charge on any atom is 0.261 e. The Morgan fingerprint density at radius 3 is 2.68 bits per heavy atom. The molecule has 1 atom stereocenters. The molecule has 2 aromatic carbocycles. The van der Waals surface area contributed by atoms with Crippen molar-refractivity contribution in [3.63, 3.8) is 0 Å². The molecule has 0 saturated heterocycles. The van der Waals surface area contributed by atoms with Crippen molar-refractivity contribution in [1.82, 2.24) is 5.32 Å². The van der Waals surface area contributed by atoms with E-state index in [0.717, 1.165) is 35.5 Å². The summed E-state index contributed by atoms with van der Waals surface area (Å²) >= 11 is 0. The number of para-hydroxylation sites is 1. The molecule has 0 unspecified atom stereocenters. The quantitative estimate of drug-likeness (QED) is 0.704. The van der Waals surface area contributed by atoms with Gasteiger partial charge in [-0.1, -0.05) is 37.3 Å². The van der Waals surface area contributed by atoms with E-state index in [1.54, 1.807) is 7.11 Å². The van der Waals surface area contributed by atoms with E-state index in [-0.39, 0.29) is 5.91 Å². The van der Waals surface area contributed by atoms with Gasteiger partial charge in [-0.25, -0.2) is 0 Å². The summed E-state index contributed by atoms with van der Waals surface area (Å²) < 4.78 is 11.2.